The molecule has 124 valence electrons. The highest BCUT2D eigenvalue weighted by molar-refractivity contribution is 7.98. The van der Waals surface area contributed by atoms with Gasteiger partial charge in [0.2, 0.25) is 0 Å². The van der Waals surface area contributed by atoms with Crippen LogP contribution in [0.15, 0.2) is 10.4 Å². The monoisotopic (exact) mass is 360 g/mol. The highest BCUT2D eigenvalue weighted by Gasteiger charge is 2.03. The van der Waals surface area contributed by atoms with Crippen LogP contribution in [0.3, 0.4) is 0 Å². The zero-order valence-electron chi connectivity index (χ0n) is 13.0. The fourth-order valence-electron chi connectivity index (χ4n) is 1.44. The van der Waals surface area contributed by atoms with Crippen LogP contribution >= 0.6 is 35.3 Å². The maximum absolute atomic E-state index is 5.81. The number of nitrogens with two attached hydrogens (primary N) is 1. The number of unbranched alkanes of at least 4 members (excludes halogenated alkanes) is 1. The summed E-state index contributed by atoms with van der Waals surface area (Å²) in [4.78, 5) is 8.74. The summed E-state index contributed by atoms with van der Waals surface area (Å²) in [6.45, 7) is 3.73. The molecule has 0 aromatic carbocycles. The van der Waals surface area contributed by atoms with E-state index in [1.165, 1.54) is 0 Å². The minimum atomic E-state index is 0.437. The zero-order chi connectivity index (χ0) is 16.2. The Balaban J connectivity index is 2.23. The van der Waals surface area contributed by atoms with Gasteiger partial charge in [-0.15, -0.1) is 11.3 Å². The van der Waals surface area contributed by atoms with Crippen LogP contribution in [0, 0.1) is 0 Å². The number of thioether (sulfide) groups is 1. The Labute approximate surface area is 145 Å². The molecule has 1 aromatic heterocycles. The number of aromatic nitrogens is 1. The standard InChI is InChI=1S/C13H24N6S3/c1-3-4-5-16-11(14)19-13-18-10(9-22-13)8-21-7-6-17-12(20)15-2/h9H,3-8H2,1-2H3,(H2,15,17,20)(H3,14,16,18,19). The number of thiazole rings is 1. The van der Waals surface area contributed by atoms with E-state index < -0.39 is 0 Å². The summed E-state index contributed by atoms with van der Waals surface area (Å²) in [5.74, 6) is 2.29. The van der Waals surface area contributed by atoms with Crippen molar-refractivity contribution >= 4 is 51.5 Å². The summed E-state index contributed by atoms with van der Waals surface area (Å²) in [6.07, 6.45) is 2.16. The summed E-state index contributed by atoms with van der Waals surface area (Å²) in [7, 11) is 1.81. The van der Waals surface area contributed by atoms with Crippen LogP contribution in [-0.4, -0.2) is 41.9 Å². The average molecular weight is 361 g/mol. The molecule has 5 N–H and O–H groups in total. The Morgan fingerprint density at radius 3 is 3.09 bits per heavy atom. The van der Waals surface area contributed by atoms with Crippen LogP contribution in [0.5, 0.6) is 0 Å². The zero-order valence-corrected chi connectivity index (χ0v) is 15.5. The lowest BCUT2D eigenvalue weighted by Crippen LogP contribution is -2.33. The van der Waals surface area contributed by atoms with Gasteiger partial charge in [-0.3, -0.25) is 4.99 Å². The van der Waals surface area contributed by atoms with E-state index >= 15 is 0 Å². The van der Waals surface area contributed by atoms with Crippen molar-refractivity contribution in [2.45, 2.75) is 25.5 Å². The Bertz CT molecular complexity index is 474. The van der Waals surface area contributed by atoms with E-state index in [-0.39, 0.29) is 0 Å². The van der Waals surface area contributed by atoms with E-state index in [4.69, 9.17) is 18.0 Å². The third-order valence-electron chi connectivity index (χ3n) is 2.59. The lowest BCUT2D eigenvalue weighted by Gasteiger charge is -2.05. The second-order valence-corrected chi connectivity index (χ2v) is 6.82. The van der Waals surface area contributed by atoms with Crippen molar-refractivity contribution in [2.24, 2.45) is 10.7 Å². The van der Waals surface area contributed by atoms with E-state index in [0.29, 0.717) is 11.1 Å². The number of rotatable bonds is 9. The van der Waals surface area contributed by atoms with Gasteiger partial charge in [0.15, 0.2) is 16.2 Å². The van der Waals surface area contributed by atoms with Crippen LogP contribution in [0.1, 0.15) is 25.5 Å². The lowest BCUT2D eigenvalue weighted by molar-refractivity contribution is 0.807. The van der Waals surface area contributed by atoms with Crippen molar-refractivity contribution in [3.8, 4) is 0 Å². The van der Waals surface area contributed by atoms with Crippen LogP contribution < -0.4 is 21.7 Å². The molecule has 0 atom stereocenters. The third-order valence-corrected chi connectivity index (χ3v) is 4.74. The fraction of sp³-hybridized carbons (Fsp3) is 0.615. The lowest BCUT2D eigenvalue weighted by atomic mass is 10.3. The predicted molar refractivity (Wildman–Crippen MR) is 103 cm³/mol. The minimum Gasteiger partial charge on any atom is -0.370 e. The first-order valence-corrected chi connectivity index (χ1v) is 9.64. The number of nitrogens with one attached hydrogen (secondary N) is 3. The molecule has 0 fully saturated rings. The molecule has 0 saturated heterocycles. The van der Waals surface area contributed by atoms with Crippen LogP contribution in [0.2, 0.25) is 0 Å². The summed E-state index contributed by atoms with van der Waals surface area (Å²) in [5.41, 5.74) is 6.86. The third kappa shape index (κ3) is 8.40. The van der Waals surface area contributed by atoms with E-state index in [1.54, 1.807) is 11.3 Å². The van der Waals surface area contributed by atoms with Gasteiger partial charge in [-0.2, -0.15) is 11.8 Å². The van der Waals surface area contributed by atoms with Crippen molar-refractivity contribution in [1.29, 1.82) is 0 Å². The molecule has 0 saturated carbocycles. The second kappa shape index (κ2) is 11.5. The number of hydrogen-bond donors (Lipinski definition) is 4. The number of aliphatic imine (C=N–C) groups is 1. The summed E-state index contributed by atoms with van der Waals surface area (Å²) in [6, 6.07) is 0. The van der Waals surface area contributed by atoms with Gasteiger partial charge in [0, 0.05) is 37.0 Å². The maximum atomic E-state index is 5.81. The number of hydrogen-bond acceptors (Lipinski definition) is 5. The van der Waals surface area contributed by atoms with Crippen molar-refractivity contribution < 1.29 is 0 Å². The molecule has 1 rings (SSSR count). The van der Waals surface area contributed by atoms with E-state index in [9.17, 15) is 0 Å². The molecule has 1 aromatic rings. The SMILES string of the molecule is CCCC/N=C(/N)Nc1nc(CSCCNC(=S)NC)cs1. The summed E-state index contributed by atoms with van der Waals surface area (Å²) < 4.78 is 0. The number of thiocarbonyl (C=S) groups is 1. The summed E-state index contributed by atoms with van der Waals surface area (Å²) in [5, 5.41) is 12.5. The number of anilines is 1. The molecular formula is C13H24N6S3. The predicted octanol–water partition coefficient (Wildman–Crippen LogP) is 2.00. The first-order valence-electron chi connectivity index (χ1n) is 7.20. The summed E-state index contributed by atoms with van der Waals surface area (Å²) >= 11 is 8.37. The molecular weight excluding hydrogens is 336 g/mol. The maximum Gasteiger partial charge on any atom is 0.194 e. The van der Waals surface area contributed by atoms with Crippen LogP contribution in [0.25, 0.3) is 0 Å². The molecule has 0 spiro atoms. The Morgan fingerprint density at radius 2 is 2.36 bits per heavy atom. The van der Waals surface area contributed by atoms with Gasteiger partial charge in [-0.25, -0.2) is 4.98 Å². The molecule has 0 amide bonds. The topological polar surface area (TPSA) is 87.4 Å². The first-order chi connectivity index (χ1) is 10.7. The van der Waals surface area contributed by atoms with Gasteiger partial charge in [-0.1, -0.05) is 13.3 Å². The first kappa shape index (κ1) is 19.0. The molecule has 1 heterocycles. The van der Waals surface area contributed by atoms with Crippen molar-refractivity contribution in [2.75, 3.05) is 31.2 Å². The van der Waals surface area contributed by atoms with Crippen molar-refractivity contribution in [3.05, 3.63) is 11.1 Å². The number of nitrogens with zero attached hydrogens (tertiary/aromatic N) is 2. The average Bonchev–Trinajstić information content (AvgIpc) is 2.94. The Kier molecular flexibility index (Phi) is 9.93. The normalized spacial score (nSPS) is 11.3. The Hall–Kier alpha value is -1.06. The van der Waals surface area contributed by atoms with Gasteiger partial charge >= 0.3 is 0 Å². The molecule has 0 aliphatic carbocycles. The van der Waals surface area contributed by atoms with Gasteiger partial charge in [0.1, 0.15) is 0 Å². The van der Waals surface area contributed by atoms with Crippen molar-refractivity contribution in [1.82, 2.24) is 15.6 Å². The fourth-order valence-corrected chi connectivity index (χ4v) is 3.11. The Morgan fingerprint density at radius 1 is 1.55 bits per heavy atom. The molecule has 6 nitrogen and oxygen atoms in total. The molecule has 0 unspecified atom stereocenters. The van der Waals surface area contributed by atoms with Gasteiger partial charge in [-0.05, 0) is 18.6 Å². The molecule has 0 radical (unpaired) electrons. The molecule has 0 aliphatic rings. The smallest absolute Gasteiger partial charge is 0.194 e. The largest absolute Gasteiger partial charge is 0.370 e. The molecule has 0 bridgehead atoms. The molecule has 22 heavy (non-hydrogen) atoms. The molecule has 0 aliphatic heterocycles. The van der Waals surface area contributed by atoms with Gasteiger partial charge in [0.05, 0.1) is 5.69 Å². The van der Waals surface area contributed by atoms with E-state index in [0.717, 1.165) is 48.3 Å². The quantitative estimate of drug-likeness (QED) is 0.232. The van der Waals surface area contributed by atoms with Crippen LogP contribution in [0.4, 0.5) is 5.13 Å². The van der Waals surface area contributed by atoms with Crippen molar-refractivity contribution in [3.63, 3.8) is 0 Å². The van der Waals surface area contributed by atoms with E-state index in [1.807, 2.05) is 24.2 Å². The van der Waals surface area contributed by atoms with E-state index in [2.05, 4.69) is 32.9 Å². The van der Waals surface area contributed by atoms with Gasteiger partial charge < -0.3 is 21.7 Å². The van der Waals surface area contributed by atoms with Crippen LogP contribution in [-0.2, 0) is 5.75 Å². The minimum absolute atomic E-state index is 0.437. The van der Waals surface area contributed by atoms with Gasteiger partial charge in [0.25, 0.3) is 0 Å². The molecule has 9 heteroatoms. The highest BCUT2D eigenvalue weighted by atomic mass is 32.2. The highest BCUT2D eigenvalue weighted by Crippen LogP contribution is 2.19. The second-order valence-electron chi connectivity index (χ2n) is 4.45. The number of guanidine groups is 1.